The number of hydrogen-bond acceptors (Lipinski definition) is 5. The summed E-state index contributed by atoms with van der Waals surface area (Å²) in [4.78, 5) is 22.8. The summed E-state index contributed by atoms with van der Waals surface area (Å²) in [6.07, 6.45) is 2.46. The molecule has 2 aromatic carbocycles. The summed E-state index contributed by atoms with van der Waals surface area (Å²) in [5, 5.41) is 1.36. The summed E-state index contributed by atoms with van der Waals surface area (Å²) in [6.45, 7) is 3.38. The second kappa shape index (κ2) is 7.35. The van der Waals surface area contributed by atoms with Crippen molar-refractivity contribution in [3.05, 3.63) is 63.4 Å². The van der Waals surface area contributed by atoms with Gasteiger partial charge in [-0.2, -0.15) is 0 Å². The minimum absolute atomic E-state index is 0.0736. The van der Waals surface area contributed by atoms with E-state index in [0.29, 0.717) is 34.1 Å². The number of carbonyl (C=O) groups excluding carboxylic acids is 1. The number of anilines is 2. The molecule has 29 heavy (non-hydrogen) atoms. The number of aromatic nitrogens is 1. The Morgan fingerprint density at radius 1 is 1.14 bits per heavy atom. The average molecular weight is 426 g/mol. The molecule has 1 saturated carbocycles. The molecule has 5 rings (SSSR count). The Hall–Kier alpha value is -2.57. The number of fused-ring (bicyclic) bond motifs is 1. The predicted molar refractivity (Wildman–Crippen MR) is 117 cm³/mol. The van der Waals surface area contributed by atoms with Crippen molar-refractivity contribution in [1.29, 1.82) is 0 Å². The van der Waals surface area contributed by atoms with Crippen molar-refractivity contribution in [2.24, 2.45) is 0 Å². The molecule has 7 heteroatoms. The van der Waals surface area contributed by atoms with Crippen LogP contribution >= 0.6 is 22.9 Å². The summed E-state index contributed by atoms with van der Waals surface area (Å²) in [7, 11) is 0. The molecule has 1 aliphatic carbocycles. The van der Waals surface area contributed by atoms with Crippen LogP contribution in [-0.4, -0.2) is 30.0 Å². The number of carbonyl (C=O) groups is 1. The maximum absolute atomic E-state index is 13.5. The molecular weight excluding hydrogens is 406 g/mol. The molecule has 0 saturated heterocycles. The maximum atomic E-state index is 13.5. The number of para-hydroxylation sites is 2. The standard InChI is InChI=1S/C22H20ClN3O2S/c1-14-24-21(28-17-6-4-5-15(23)13-17)20(29-14)22(27)26-12-11-25(16-9-10-16)18-7-2-3-8-19(18)26/h2-8,13,16H,9-12H2,1H3. The average Bonchev–Trinajstić information content (AvgIpc) is 3.49. The van der Waals surface area contributed by atoms with Crippen LogP contribution in [0.1, 0.15) is 27.5 Å². The Kier molecular flexibility index (Phi) is 4.68. The Morgan fingerprint density at radius 2 is 1.93 bits per heavy atom. The molecule has 2 aliphatic rings. The van der Waals surface area contributed by atoms with E-state index in [9.17, 15) is 4.79 Å². The van der Waals surface area contributed by atoms with Crippen molar-refractivity contribution in [1.82, 2.24) is 4.98 Å². The number of thiazole rings is 1. The highest BCUT2D eigenvalue weighted by Gasteiger charge is 2.36. The van der Waals surface area contributed by atoms with Gasteiger partial charge in [0.2, 0.25) is 5.88 Å². The first-order chi connectivity index (χ1) is 14.1. The van der Waals surface area contributed by atoms with Gasteiger partial charge in [0.25, 0.3) is 5.91 Å². The SMILES string of the molecule is Cc1nc(Oc2cccc(Cl)c2)c(C(=O)N2CCN(C3CC3)c3ccccc32)s1. The molecule has 0 radical (unpaired) electrons. The van der Waals surface area contributed by atoms with Crippen LogP contribution in [0.2, 0.25) is 5.02 Å². The lowest BCUT2D eigenvalue weighted by Crippen LogP contribution is -2.44. The molecule has 148 valence electrons. The van der Waals surface area contributed by atoms with Gasteiger partial charge in [0.15, 0.2) is 4.88 Å². The second-order valence-electron chi connectivity index (χ2n) is 7.30. The van der Waals surface area contributed by atoms with E-state index in [0.717, 1.165) is 22.9 Å². The highest BCUT2D eigenvalue weighted by Crippen LogP contribution is 2.41. The van der Waals surface area contributed by atoms with Crippen molar-refractivity contribution in [2.75, 3.05) is 22.9 Å². The highest BCUT2D eigenvalue weighted by molar-refractivity contribution is 7.14. The lowest BCUT2D eigenvalue weighted by molar-refractivity contribution is 0.0988. The number of nitrogens with zero attached hydrogens (tertiary/aromatic N) is 3. The van der Waals surface area contributed by atoms with E-state index in [-0.39, 0.29) is 5.91 Å². The van der Waals surface area contributed by atoms with E-state index >= 15 is 0 Å². The van der Waals surface area contributed by atoms with Crippen LogP contribution in [0.15, 0.2) is 48.5 Å². The quantitative estimate of drug-likeness (QED) is 0.551. The fraction of sp³-hybridized carbons (Fsp3) is 0.273. The van der Waals surface area contributed by atoms with Crippen LogP contribution in [0.25, 0.3) is 0 Å². The van der Waals surface area contributed by atoms with E-state index in [1.54, 1.807) is 18.2 Å². The first-order valence-electron chi connectivity index (χ1n) is 9.68. The number of aryl methyl sites for hydroxylation is 1. The van der Waals surface area contributed by atoms with Gasteiger partial charge in [-0.1, -0.05) is 29.8 Å². The monoisotopic (exact) mass is 425 g/mol. The van der Waals surface area contributed by atoms with Crippen molar-refractivity contribution < 1.29 is 9.53 Å². The van der Waals surface area contributed by atoms with Crippen LogP contribution < -0.4 is 14.5 Å². The molecule has 0 bridgehead atoms. The van der Waals surface area contributed by atoms with Crippen LogP contribution in [-0.2, 0) is 0 Å². The Labute approximate surface area is 178 Å². The number of amides is 1. The second-order valence-corrected chi connectivity index (χ2v) is 8.94. The minimum atomic E-state index is -0.0736. The lowest BCUT2D eigenvalue weighted by atomic mass is 10.1. The van der Waals surface area contributed by atoms with Crippen molar-refractivity contribution in [3.8, 4) is 11.6 Å². The number of rotatable bonds is 4. The van der Waals surface area contributed by atoms with Crippen molar-refractivity contribution in [3.63, 3.8) is 0 Å². The fourth-order valence-electron chi connectivity index (χ4n) is 3.74. The Morgan fingerprint density at radius 3 is 2.69 bits per heavy atom. The van der Waals surface area contributed by atoms with Gasteiger partial charge in [0, 0.05) is 24.2 Å². The summed E-state index contributed by atoms with van der Waals surface area (Å²) in [6, 6.07) is 15.9. The van der Waals surface area contributed by atoms with Crippen LogP contribution in [0.4, 0.5) is 11.4 Å². The molecule has 1 aliphatic heterocycles. The zero-order chi connectivity index (χ0) is 20.0. The number of halogens is 1. The minimum Gasteiger partial charge on any atom is -0.437 e. The van der Waals surface area contributed by atoms with E-state index in [1.165, 1.54) is 24.2 Å². The molecule has 3 aromatic rings. The van der Waals surface area contributed by atoms with Crippen LogP contribution in [0.3, 0.4) is 0 Å². The van der Waals surface area contributed by atoms with Gasteiger partial charge in [-0.25, -0.2) is 4.98 Å². The van der Waals surface area contributed by atoms with E-state index in [1.807, 2.05) is 36.1 Å². The number of benzene rings is 2. The third-order valence-corrected chi connectivity index (χ3v) is 6.36. The third-order valence-electron chi connectivity index (χ3n) is 5.19. The fourth-order valence-corrected chi connectivity index (χ4v) is 4.71. The smallest absolute Gasteiger partial charge is 0.274 e. The van der Waals surface area contributed by atoms with Crippen LogP contribution in [0.5, 0.6) is 11.6 Å². The van der Waals surface area contributed by atoms with Gasteiger partial charge in [-0.05, 0) is 50.1 Å². The summed E-state index contributed by atoms with van der Waals surface area (Å²) in [5.74, 6) is 0.827. The van der Waals surface area contributed by atoms with Crippen LogP contribution in [0, 0.1) is 6.92 Å². The molecule has 1 amide bonds. The van der Waals surface area contributed by atoms with Gasteiger partial charge in [-0.15, -0.1) is 11.3 Å². The highest BCUT2D eigenvalue weighted by atomic mass is 35.5. The van der Waals surface area contributed by atoms with Gasteiger partial charge < -0.3 is 14.5 Å². The lowest BCUT2D eigenvalue weighted by Gasteiger charge is -2.37. The molecule has 0 unspecified atom stereocenters. The molecule has 2 heterocycles. The molecule has 1 fully saturated rings. The molecule has 0 N–H and O–H groups in total. The van der Waals surface area contributed by atoms with Gasteiger partial charge >= 0.3 is 0 Å². The molecule has 0 spiro atoms. The Bertz CT molecular complexity index is 1080. The maximum Gasteiger partial charge on any atom is 0.274 e. The van der Waals surface area contributed by atoms with E-state index in [4.69, 9.17) is 16.3 Å². The number of hydrogen-bond donors (Lipinski definition) is 0. The number of ether oxygens (including phenoxy) is 1. The van der Waals surface area contributed by atoms with Gasteiger partial charge in [-0.3, -0.25) is 4.79 Å². The summed E-state index contributed by atoms with van der Waals surface area (Å²) < 4.78 is 5.94. The first-order valence-corrected chi connectivity index (χ1v) is 10.9. The normalized spacial score (nSPS) is 15.9. The molecule has 1 aromatic heterocycles. The third kappa shape index (κ3) is 3.58. The zero-order valence-corrected chi connectivity index (χ0v) is 17.5. The molecular formula is C22H20ClN3O2S. The van der Waals surface area contributed by atoms with Gasteiger partial charge in [0.05, 0.1) is 16.4 Å². The topological polar surface area (TPSA) is 45.7 Å². The molecule has 0 atom stereocenters. The van der Waals surface area contributed by atoms with E-state index < -0.39 is 0 Å². The van der Waals surface area contributed by atoms with Crippen molar-refractivity contribution >= 4 is 40.2 Å². The zero-order valence-electron chi connectivity index (χ0n) is 16.0. The Balaban J connectivity index is 1.47. The largest absolute Gasteiger partial charge is 0.437 e. The molecule has 5 nitrogen and oxygen atoms in total. The predicted octanol–water partition coefficient (Wildman–Crippen LogP) is 5.53. The summed E-state index contributed by atoms with van der Waals surface area (Å²) in [5.41, 5.74) is 2.09. The summed E-state index contributed by atoms with van der Waals surface area (Å²) >= 11 is 7.42. The van der Waals surface area contributed by atoms with Crippen molar-refractivity contribution in [2.45, 2.75) is 25.8 Å². The first kappa shape index (κ1) is 18.5. The van der Waals surface area contributed by atoms with E-state index in [2.05, 4.69) is 16.0 Å². The van der Waals surface area contributed by atoms with Gasteiger partial charge in [0.1, 0.15) is 5.75 Å².